The Morgan fingerprint density at radius 3 is 2.39 bits per heavy atom. The van der Waals surface area contributed by atoms with Crippen LogP contribution in [-0.2, 0) is 25.7 Å². The summed E-state index contributed by atoms with van der Waals surface area (Å²) < 4.78 is 54.3. The fraction of sp³-hybridized carbons (Fsp3) is 0.346. The predicted octanol–water partition coefficient (Wildman–Crippen LogP) is 2.93. The number of fused-ring (bicyclic) bond motifs is 1. The number of benzene rings is 2. The molecule has 200 valence electrons. The van der Waals surface area contributed by atoms with Crippen molar-refractivity contribution < 1.29 is 36.7 Å². The van der Waals surface area contributed by atoms with Crippen LogP contribution in [0.3, 0.4) is 0 Å². The molecule has 0 bridgehead atoms. The van der Waals surface area contributed by atoms with Crippen molar-refractivity contribution in [2.45, 2.75) is 50.6 Å². The number of halogens is 4. The fourth-order valence-electron chi connectivity index (χ4n) is 4.62. The molecule has 2 aromatic rings. The number of piperidine rings is 1. The third-order valence-electron chi connectivity index (χ3n) is 6.54. The standard InChI is InChI=1S/C26H24F4N4O4/c1-15(17-6-3-2-4-7-17)34(25(38)26(28,29)30)19-8-5-13-33-22(19)32-20(21(35)24(33)37)23(36)31-14-16-9-11-18(27)12-10-16/h2-4,6-7,9-12,15,19-20H,5,8,13-14H2,1H3,(H,31,36)/t15-,19-,20?/m0/s1. The molecule has 1 N–H and O–H groups in total. The summed E-state index contributed by atoms with van der Waals surface area (Å²) in [5.74, 6) is -5.97. The van der Waals surface area contributed by atoms with E-state index in [-0.39, 0.29) is 31.8 Å². The molecule has 3 amide bonds. The number of amidine groups is 1. The molecule has 1 fully saturated rings. The first-order valence-corrected chi connectivity index (χ1v) is 11.9. The Morgan fingerprint density at radius 1 is 1.11 bits per heavy atom. The highest BCUT2D eigenvalue weighted by Crippen LogP contribution is 2.34. The third-order valence-corrected chi connectivity index (χ3v) is 6.54. The minimum atomic E-state index is -5.22. The van der Waals surface area contributed by atoms with Crippen molar-refractivity contribution in [3.8, 4) is 0 Å². The van der Waals surface area contributed by atoms with Crippen LogP contribution in [0, 0.1) is 5.82 Å². The number of rotatable bonds is 6. The normalized spacial score (nSPS) is 20.3. The molecule has 2 aromatic carbocycles. The molecule has 12 heteroatoms. The van der Waals surface area contributed by atoms with Gasteiger partial charge in [0.2, 0.25) is 0 Å². The highest BCUT2D eigenvalue weighted by Gasteiger charge is 2.51. The van der Waals surface area contributed by atoms with Gasteiger partial charge in [-0.2, -0.15) is 13.2 Å². The molecule has 0 saturated carbocycles. The maximum Gasteiger partial charge on any atom is 0.471 e. The Morgan fingerprint density at radius 2 is 1.76 bits per heavy atom. The van der Waals surface area contributed by atoms with Crippen molar-refractivity contribution in [2.24, 2.45) is 4.99 Å². The summed E-state index contributed by atoms with van der Waals surface area (Å²) in [5, 5.41) is 2.45. The number of amides is 3. The van der Waals surface area contributed by atoms with Crippen LogP contribution in [0.2, 0.25) is 0 Å². The van der Waals surface area contributed by atoms with Crippen molar-refractivity contribution in [3.05, 3.63) is 71.5 Å². The molecule has 8 nitrogen and oxygen atoms in total. The topological polar surface area (TPSA) is 99.2 Å². The zero-order valence-electron chi connectivity index (χ0n) is 20.2. The highest BCUT2D eigenvalue weighted by atomic mass is 19.4. The van der Waals surface area contributed by atoms with Crippen molar-refractivity contribution in [3.63, 3.8) is 0 Å². The summed E-state index contributed by atoms with van der Waals surface area (Å²) in [4.78, 5) is 56.9. The average Bonchev–Trinajstić information content (AvgIpc) is 2.90. The van der Waals surface area contributed by atoms with E-state index in [1.165, 1.54) is 31.2 Å². The zero-order valence-corrected chi connectivity index (χ0v) is 20.2. The van der Waals surface area contributed by atoms with E-state index in [0.717, 1.165) is 4.90 Å². The summed E-state index contributed by atoms with van der Waals surface area (Å²) in [5.41, 5.74) is 0.937. The Hall–Kier alpha value is -4.09. The number of nitrogens with zero attached hydrogens (tertiary/aromatic N) is 3. The molecule has 0 radical (unpaired) electrons. The van der Waals surface area contributed by atoms with Gasteiger partial charge in [0.05, 0.1) is 12.1 Å². The molecule has 3 atom stereocenters. The molecule has 2 aliphatic heterocycles. The Labute approximate surface area is 215 Å². The zero-order chi connectivity index (χ0) is 27.6. The van der Waals surface area contributed by atoms with Crippen LogP contribution in [0.1, 0.15) is 36.9 Å². The number of nitrogens with one attached hydrogen (secondary N) is 1. The Balaban J connectivity index is 1.68. The molecule has 0 aromatic heterocycles. The van der Waals surface area contributed by atoms with Crippen molar-refractivity contribution in [2.75, 3.05) is 6.54 Å². The molecular weight excluding hydrogens is 508 g/mol. The lowest BCUT2D eigenvalue weighted by Gasteiger charge is -2.44. The number of Topliss-reactive ketones (excluding diaryl/α,β-unsaturated/α-hetero) is 1. The molecule has 1 saturated heterocycles. The number of carbonyl (C=O) groups excluding carboxylic acids is 4. The molecule has 1 unspecified atom stereocenters. The summed E-state index contributed by atoms with van der Waals surface area (Å²) in [6.45, 7) is 1.34. The molecule has 2 heterocycles. The quantitative estimate of drug-likeness (QED) is 0.351. The van der Waals surface area contributed by atoms with E-state index >= 15 is 0 Å². The first-order chi connectivity index (χ1) is 18.0. The number of alkyl halides is 3. The van der Waals surface area contributed by atoms with E-state index < -0.39 is 53.6 Å². The number of hydrogen-bond acceptors (Lipinski definition) is 5. The first-order valence-electron chi connectivity index (χ1n) is 11.9. The summed E-state index contributed by atoms with van der Waals surface area (Å²) in [6.07, 6.45) is -4.96. The van der Waals surface area contributed by atoms with E-state index in [1.54, 1.807) is 30.3 Å². The minimum absolute atomic E-state index is 0.0115. The van der Waals surface area contributed by atoms with Gasteiger partial charge in [-0.15, -0.1) is 0 Å². The summed E-state index contributed by atoms with van der Waals surface area (Å²) in [7, 11) is 0. The lowest BCUT2D eigenvalue weighted by atomic mass is 9.95. The largest absolute Gasteiger partial charge is 0.471 e. The predicted molar refractivity (Wildman–Crippen MR) is 127 cm³/mol. The summed E-state index contributed by atoms with van der Waals surface area (Å²) in [6, 6.07) is 9.07. The van der Waals surface area contributed by atoms with Gasteiger partial charge in [0.1, 0.15) is 11.7 Å². The monoisotopic (exact) mass is 532 g/mol. The smallest absolute Gasteiger partial charge is 0.350 e. The van der Waals surface area contributed by atoms with Crippen LogP contribution >= 0.6 is 0 Å². The van der Waals surface area contributed by atoms with Gasteiger partial charge < -0.3 is 10.2 Å². The van der Waals surface area contributed by atoms with Gasteiger partial charge in [0, 0.05) is 13.1 Å². The second kappa shape index (κ2) is 10.7. The minimum Gasteiger partial charge on any atom is -0.350 e. The van der Waals surface area contributed by atoms with Gasteiger partial charge >= 0.3 is 12.1 Å². The van der Waals surface area contributed by atoms with E-state index in [4.69, 9.17) is 0 Å². The van der Waals surface area contributed by atoms with Gasteiger partial charge in [0.25, 0.3) is 17.6 Å². The van der Waals surface area contributed by atoms with Gasteiger partial charge in [0.15, 0.2) is 6.04 Å². The van der Waals surface area contributed by atoms with Crippen molar-refractivity contribution in [1.82, 2.24) is 15.1 Å². The van der Waals surface area contributed by atoms with Crippen LogP contribution in [0.15, 0.2) is 59.6 Å². The Kier molecular flexibility index (Phi) is 7.61. The third kappa shape index (κ3) is 5.43. The van der Waals surface area contributed by atoms with Gasteiger partial charge in [-0.3, -0.25) is 24.1 Å². The Bertz CT molecular complexity index is 1260. The van der Waals surface area contributed by atoms with Crippen LogP contribution in [0.5, 0.6) is 0 Å². The molecule has 4 rings (SSSR count). The SMILES string of the molecule is C[C@@H](c1ccccc1)N(C(=O)C(F)(F)F)[C@H]1CCCN2C(=O)C(=O)C(C(=O)NCc3ccc(F)cc3)N=C12. The second-order valence-electron chi connectivity index (χ2n) is 9.01. The van der Waals surface area contributed by atoms with E-state index in [0.29, 0.717) is 16.0 Å². The van der Waals surface area contributed by atoms with Crippen molar-refractivity contribution >= 4 is 29.3 Å². The number of carbonyl (C=O) groups is 4. The number of aliphatic imine (C=N–C) groups is 1. The fourth-order valence-corrected chi connectivity index (χ4v) is 4.62. The second-order valence-corrected chi connectivity index (χ2v) is 9.01. The first kappa shape index (κ1) is 27.0. The number of hydrogen-bond donors (Lipinski definition) is 1. The van der Waals surface area contributed by atoms with E-state index in [1.807, 2.05) is 0 Å². The van der Waals surface area contributed by atoms with E-state index in [2.05, 4.69) is 10.3 Å². The van der Waals surface area contributed by atoms with Crippen LogP contribution in [-0.4, -0.2) is 63.9 Å². The van der Waals surface area contributed by atoms with Crippen LogP contribution in [0.4, 0.5) is 17.6 Å². The van der Waals surface area contributed by atoms with Gasteiger partial charge in [-0.1, -0.05) is 42.5 Å². The number of ketones is 1. The van der Waals surface area contributed by atoms with Crippen molar-refractivity contribution in [1.29, 1.82) is 0 Å². The van der Waals surface area contributed by atoms with Gasteiger partial charge in [-0.25, -0.2) is 9.38 Å². The molecule has 0 aliphatic carbocycles. The van der Waals surface area contributed by atoms with Gasteiger partial charge in [-0.05, 0) is 43.0 Å². The molecular formula is C26H24F4N4O4. The lowest BCUT2D eigenvalue weighted by Crippen LogP contribution is -2.63. The maximum atomic E-state index is 13.7. The maximum absolute atomic E-state index is 13.7. The van der Waals surface area contributed by atoms with Crippen LogP contribution < -0.4 is 5.32 Å². The molecule has 2 aliphatic rings. The average molecular weight is 532 g/mol. The van der Waals surface area contributed by atoms with Crippen LogP contribution in [0.25, 0.3) is 0 Å². The molecule has 0 spiro atoms. The lowest BCUT2D eigenvalue weighted by molar-refractivity contribution is -0.189. The molecule has 38 heavy (non-hydrogen) atoms. The van der Waals surface area contributed by atoms with E-state index in [9.17, 15) is 36.7 Å². The highest BCUT2D eigenvalue weighted by molar-refractivity contribution is 6.46. The summed E-state index contributed by atoms with van der Waals surface area (Å²) >= 11 is 0.